The van der Waals surface area contributed by atoms with E-state index in [1.165, 1.54) is 25.0 Å². The van der Waals surface area contributed by atoms with Gasteiger partial charge in [0.25, 0.3) is 11.8 Å². The third-order valence-corrected chi connectivity index (χ3v) is 4.86. The summed E-state index contributed by atoms with van der Waals surface area (Å²) in [6.07, 6.45) is 6.36. The summed E-state index contributed by atoms with van der Waals surface area (Å²) in [5.41, 5.74) is -0.0579. The predicted octanol–water partition coefficient (Wildman–Crippen LogP) is 4.81. The summed E-state index contributed by atoms with van der Waals surface area (Å²) in [7, 11) is 0. The molecule has 7 heteroatoms. The minimum Gasteiger partial charge on any atom is -0.349 e. The molecule has 1 aliphatic rings. The number of hydrogen-bond donors (Lipinski definition) is 2. The molecule has 4 nitrogen and oxygen atoms in total. The van der Waals surface area contributed by atoms with Gasteiger partial charge in [0.15, 0.2) is 17.5 Å². The standard InChI is InChI=1S/C21H21F3N2O2/c22-16-10-11-17(19(24)18(16)23)26-21(28)14-7-5-6-13(12-14)20(27)25-15-8-3-1-2-4-9-15/h5-7,10-12,15H,1-4,8-9H2,(H,25,27)(H,26,28). The average Bonchev–Trinajstić information content (AvgIpc) is 2.97. The molecule has 0 bridgehead atoms. The van der Waals surface area contributed by atoms with Crippen molar-refractivity contribution < 1.29 is 22.8 Å². The van der Waals surface area contributed by atoms with Crippen LogP contribution in [-0.4, -0.2) is 17.9 Å². The number of benzene rings is 2. The molecule has 0 radical (unpaired) electrons. The topological polar surface area (TPSA) is 58.2 Å². The van der Waals surface area contributed by atoms with Crippen molar-refractivity contribution in [1.82, 2.24) is 5.32 Å². The Morgan fingerprint density at radius 2 is 1.46 bits per heavy atom. The number of anilines is 1. The van der Waals surface area contributed by atoms with E-state index in [1.54, 1.807) is 12.1 Å². The fourth-order valence-corrected chi connectivity index (χ4v) is 3.31. The first-order valence-electron chi connectivity index (χ1n) is 9.31. The highest BCUT2D eigenvalue weighted by Gasteiger charge is 2.18. The van der Waals surface area contributed by atoms with E-state index >= 15 is 0 Å². The molecule has 2 aromatic rings. The minimum absolute atomic E-state index is 0.109. The third-order valence-electron chi connectivity index (χ3n) is 4.86. The van der Waals surface area contributed by atoms with E-state index in [9.17, 15) is 22.8 Å². The number of halogens is 3. The van der Waals surface area contributed by atoms with Gasteiger partial charge in [-0.05, 0) is 43.2 Å². The van der Waals surface area contributed by atoms with Crippen molar-refractivity contribution in [2.45, 2.75) is 44.6 Å². The van der Waals surface area contributed by atoms with Crippen LogP contribution >= 0.6 is 0 Å². The number of carbonyl (C=O) groups is 2. The minimum atomic E-state index is -1.66. The van der Waals surface area contributed by atoms with Crippen molar-refractivity contribution in [2.24, 2.45) is 0 Å². The van der Waals surface area contributed by atoms with Crippen molar-refractivity contribution in [2.75, 3.05) is 5.32 Å². The largest absolute Gasteiger partial charge is 0.349 e. The fourth-order valence-electron chi connectivity index (χ4n) is 3.31. The van der Waals surface area contributed by atoms with E-state index in [4.69, 9.17) is 0 Å². The summed E-state index contributed by atoms with van der Waals surface area (Å²) < 4.78 is 40.1. The van der Waals surface area contributed by atoms with Crippen molar-refractivity contribution in [3.63, 3.8) is 0 Å². The normalized spacial score (nSPS) is 15.0. The molecule has 28 heavy (non-hydrogen) atoms. The highest BCUT2D eigenvalue weighted by atomic mass is 19.2. The lowest BCUT2D eigenvalue weighted by molar-refractivity contribution is 0.0933. The second kappa shape index (κ2) is 8.91. The third kappa shape index (κ3) is 4.71. The van der Waals surface area contributed by atoms with Gasteiger partial charge in [-0.2, -0.15) is 0 Å². The van der Waals surface area contributed by atoms with Gasteiger partial charge in [-0.15, -0.1) is 0 Å². The molecule has 0 spiro atoms. The number of amides is 2. The number of carbonyl (C=O) groups excluding carboxylic acids is 2. The van der Waals surface area contributed by atoms with Gasteiger partial charge in [-0.1, -0.05) is 31.7 Å². The Morgan fingerprint density at radius 3 is 2.14 bits per heavy atom. The van der Waals surface area contributed by atoms with Crippen LogP contribution in [0.4, 0.5) is 18.9 Å². The molecule has 148 valence electrons. The second-order valence-electron chi connectivity index (χ2n) is 6.92. The van der Waals surface area contributed by atoms with Crippen LogP contribution in [0.5, 0.6) is 0 Å². The van der Waals surface area contributed by atoms with Gasteiger partial charge in [0.05, 0.1) is 5.69 Å². The molecule has 2 aromatic carbocycles. The Bertz CT molecular complexity index is 878. The Kier molecular flexibility index (Phi) is 6.34. The Morgan fingerprint density at radius 1 is 0.821 bits per heavy atom. The molecule has 1 aliphatic carbocycles. The summed E-state index contributed by atoms with van der Waals surface area (Å²) in [6, 6.07) is 7.75. The SMILES string of the molecule is O=C(Nc1ccc(F)c(F)c1F)c1cccc(C(=O)NC2CCCCCC2)c1. The van der Waals surface area contributed by atoms with Crippen LogP contribution in [0, 0.1) is 17.5 Å². The lowest BCUT2D eigenvalue weighted by Gasteiger charge is -2.16. The van der Waals surface area contributed by atoms with Crippen LogP contribution in [-0.2, 0) is 0 Å². The fraction of sp³-hybridized carbons (Fsp3) is 0.333. The maximum atomic E-state index is 13.7. The van der Waals surface area contributed by atoms with Crippen LogP contribution in [0.25, 0.3) is 0 Å². The maximum Gasteiger partial charge on any atom is 0.255 e. The summed E-state index contributed by atoms with van der Waals surface area (Å²) >= 11 is 0. The van der Waals surface area contributed by atoms with Gasteiger partial charge >= 0.3 is 0 Å². The molecule has 1 saturated carbocycles. The Hall–Kier alpha value is -2.83. The van der Waals surface area contributed by atoms with Crippen molar-refractivity contribution in [3.05, 3.63) is 65.0 Å². The molecule has 0 saturated heterocycles. The lowest BCUT2D eigenvalue weighted by atomic mass is 10.1. The number of rotatable bonds is 4. The predicted molar refractivity (Wildman–Crippen MR) is 99.7 cm³/mol. The summed E-state index contributed by atoms with van der Waals surface area (Å²) in [5, 5.41) is 5.19. The molecule has 0 heterocycles. The van der Waals surface area contributed by atoms with Gasteiger partial charge in [-0.3, -0.25) is 9.59 Å². The molecular weight excluding hydrogens is 369 g/mol. The Balaban J connectivity index is 1.70. The average molecular weight is 390 g/mol. The van der Waals surface area contributed by atoms with Gasteiger partial charge in [0.2, 0.25) is 0 Å². The zero-order valence-corrected chi connectivity index (χ0v) is 15.2. The van der Waals surface area contributed by atoms with Crippen LogP contribution in [0.2, 0.25) is 0 Å². The molecule has 0 atom stereocenters. The second-order valence-corrected chi connectivity index (χ2v) is 6.92. The molecule has 0 aromatic heterocycles. The first kappa shape index (κ1) is 19.9. The van der Waals surface area contributed by atoms with Gasteiger partial charge < -0.3 is 10.6 Å². The smallest absolute Gasteiger partial charge is 0.255 e. The maximum absolute atomic E-state index is 13.7. The van der Waals surface area contributed by atoms with E-state index in [0.29, 0.717) is 5.56 Å². The van der Waals surface area contributed by atoms with Crippen molar-refractivity contribution in [1.29, 1.82) is 0 Å². The monoisotopic (exact) mass is 390 g/mol. The van der Waals surface area contributed by atoms with E-state index in [-0.39, 0.29) is 17.5 Å². The van der Waals surface area contributed by atoms with Crippen LogP contribution < -0.4 is 10.6 Å². The van der Waals surface area contributed by atoms with Gasteiger partial charge in [0.1, 0.15) is 0 Å². The molecular formula is C21H21F3N2O2. The zero-order chi connectivity index (χ0) is 20.1. The van der Waals surface area contributed by atoms with Crippen molar-refractivity contribution >= 4 is 17.5 Å². The molecule has 0 unspecified atom stereocenters. The molecule has 0 aliphatic heterocycles. The Labute approximate surface area is 161 Å². The van der Waals surface area contributed by atoms with E-state index < -0.39 is 29.0 Å². The summed E-state index contributed by atoms with van der Waals surface area (Å²) in [5.74, 6) is -5.48. The molecule has 3 rings (SSSR count). The molecule has 2 amide bonds. The quantitative estimate of drug-likeness (QED) is 0.582. The van der Waals surface area contributed by atoms with E-state index in [0.717, 1.165) is 37.8 Å². The van der Waals surface area contributed by atoms with Crippen LogP contribution in [0.3, 0.4) is 0 Å². The first-order valence-corrected chi connectivity index (χ1v) is 9.31. The molecule has 2 N–H and O–H groups in total. The van der Waals surface area contributed by atoms with Crippen molar-refractivity contribution in [3.8, 4) is 0 Å². The van der Waals surface area contributed by atoms with E-state index in [2.05, 4.69) is 10.6 Å². The number of hydrogen-bond acceptors (Lipinski definition) is 2. The number of nitrogens with one attached hydrogen (secondary N) is 2. The van der Waals surface area contributed by atoms with Gasteiger partial charge in [-0.25, -0.2) is 13.2 Å². The molecule has 1 fully saturated rings. The summed E-state index contributed by atoms with van der Waals surface area (Å²) in [6.45, 7) is 0. The highest BCUT2D eigenvalue weighted by molar-refractivity contribution is 6.06. The lowest BCUT2D eigenvalue weighted by Crippen LogP contribution is -2.34. The first-order chi connectivity index (χ1) is 13.5. The summed E-state index contributed by atoms with van der Waals surface area (Å²) in [4.78, 5) is 24.8. The highest BCUT2D eigenvalue weighted by Crippen LogP contribution is 2.21. The zero-order valence-electron chi connectivity index (χ0n) is 15.2. The van der Waals surface area contributed by atoms with Crippen LogP contribution in [0.1, 0.15) is 59.2 Å². The van der Waals surface area contributed by atoms with Gasteiger partial charge in [0, 0.05) is 17.2 Å². The van der Waals surface area contributed by atoms with Crippen LogP contribution in [0.15, 0.2) is 36.4 Å². The van der Waals surface area contributed by atoms with E-state index in [1.807, 2.05) is 0 Å².